The lowest BCUT2D eigenvalue weighted by Crippen LogP contribution is -2.13. The number of rotatable bonds is 3. The van der Waals surface area contributed by atoms with E-state index in [-0.39, 0.29) is 23.6 Å². The first-order valence-electron chi connectivity index (χ1n) is 7.42. The van der Waals surface area contributed by atoms with Gasteiger partial charge in [0.05, 0.1) is 23.6 Å². The summed E-state index contributed by atoms with van der Waals surface area (Å²) in [5.41, 5.74) is 0.550. The Morgan fingerprint density at radius 1 is 1.09 bits per heavy atom. The van der Waals surface area contributed by atoms with Gasteiger partial charge in [0.2, 0.25) is 0 Å². The molecule has 0 aliphatic rings. The highest BCUT2D eigenvalue weighted by Gasteiger charge is 2.20. The predicted octanol–water partition coefficient (Wildman–Crippen LogP) is 4.24. The van der Waals surface area contributed by atoms with Crippen molar-refractivity contribution in [3.8, 4) is 11.4 Å². The van der Waals surface area contributed by atoms with Crippen LogP contribution in [-0.2, 0) is 4.74 Å². The summed E-state index contributed by atoms with van der Waals surface area (Å²) in [4.78, 5) is 19.9. The molecule has 0 amide bonds. The number of esters is 1. The van der Waals surface area contributed by atoms with E-state index in [1.165, 1.54) is 6.07 Å². The first kappa shape index (κ1) is 18.7. The van der Waals surface area contributed by atoms with E-state index >= 15 is 0 Å². The number of hydrogen-bond acceptors (Lipinski definition) is 4. The van der Waals surface area contributed by atoms with Gasteiger partial charge in [0.15, 0.2) is 5.82 Å². The molecule has 0 aliphatic heterocycles. The van der Waals surface area contributed by atoms with Crippen molar-refractivity contribution in [1.82, 2.24) is 9.97 Å². The van der Waals surface area contributed by atoms with Gasteiger partial charge >= 0.3 is 5.97 Å². The van der Waals surface area contributed by atoms with Crippen LogP contribution in [0.1, 0.15) is 42.5 Å². The molecule has 0 saturated heterocycles. The average Bonchev–Trinajstić information content (AvgIpc) is 2.48. The van der Waals surface area contributed by atoms with E-state index in [1.807, 2.05) is 13.8 Å². The summed E-state index contributed by atoms with van der Waals surface area (Å²) in [5, 5.41) is 0. The van der Waals surface area contributed by atoms with Crippen LogP contribution in [0.4, 0.5) is 8.78 Å². The van der Waals surface area contributed by atoms with E-state index in [0.29, 0.717) is 11.4 Å². The van der Waals surface area contributed by atoms with Crippen LogP contribution in [0, 0.1) is 25.5 Å². The molecule has 0 bridgehead atoms. The van der Waals surface area contributed by atoms with E-state index in [0.717, 1.165) is 12.1 Å². The van der Waals surface area contributed by atoms with Crippen LogP contribution in [0.5, 0.6) is 0 Å². The predicted molar refractivity (Wildman–Crippen MR) is 84.2 cm³/mol. The number of carbonyl (C=O) groups excluding carboxylic acids is 1. The lowest BCUT2D eigenvalue weighted by Gasteiger charge is -2.10. The van der Waals surface area contributed by atoms with E-state index in [2.05, 4.69) is 9.97 Å². The van der Waals surface area contributed by atoms with E-state index < -0.39 is 17.6 Å². The van der Waals surface area contributed by atoms with Gasteiger partial charge in [-0.05, 0) is 32.9 Å². The summed E-state index contributed by atoms with van der Waals surface area (Å²) < 4.78 is 32.5. The molecule has 1 heterocycles. The molecule has 2 aromatic rings. The molecule has 0 radical (unpaired) electrons. The molecule has 0 atom stereocenters. The highest BCUT2D eigenvalue weighted by molar-refractivity contribution is 5.91. The zero-order valence-corrected chi connectivity index (χ0v) is 13.9. The summed E-state index contributed by atoms with van der Waals surface area (Å²) in [7, 11) is 0. The maximum absolute atomic E-state index is 13.8. The lowest BCUT2D eigenvalue weighted by molar-refractivity contribution is 0.0523. The van der Waals surface area contributed by atoms with Crippen LogP contribution in [0.15, 0.2) is 18.2 Å². The van der Waals surface area contributed by atoms with Crippen molar-refractivity contribution in [2.24, 2.45) is 0 Å². The second-order valence-corrected chi connectivity index (χ2v) is 4.41. The van der Waals surface area contributed by atoms with Crippen molar-refractivity contribution < 1.29 is 18.3 Å². The normalized spacial score (nSPS) is 9.87. The van der Waals surface area contributed by atoms with Crippen LogP contribution >= 0.6 is 0 Å². The standard InChI is InChI=1S/C15H14F2N2O2.C2H6/c1-4-21-15(20)12-8(2)18-14(19-9(12)3)13-10(16)6-5-7-11(13)17;1-2/h5-7H,4H2,1-3H3;1-2H3. The van der Waals surface area contributed by atoms with E-state index in [9.17, 15) is 13.6 Å². The van der Waals surface area contributed by atoms with Crippen molar-refractivity contribution in [2.45, 2.75) is 34.6 Å². The first-order chi connectivity index (χ1) is 11.0. The second-order valence-electron chi connectivity index (χ2n) is 4.41. The highest BCUT2D eigenvalue weighted by atomic mass is 19.1. The molecule has 1 aromatic carbocycles. The molecular weight excluding hydrogens is 302 g/mol. The topological polar surface area (TPSA) is 52.1 Å². The lowest BCUT2D eigenvalue weighted by atomic mass is 10.1. The molecule has 6 heteroatoms. The maximum Gasteiger partial charge on any atom is 0.341 e. The Kier molecular flexibility index (Phi) is 6.75. The fourth-order valence-electron chi connectivity index (χ4n) is 2.04. The molecule has 0 saturated carbocycles. The summed E-state index contributed by atoms with van der Waals surface area (Å²) in [6.45, 7) is 9.06. The average molecular weight is 322 g/mol. The monoisotopic (exact) mass is 322 g/mol. The van der Waals surface area contributed by atoms with Crippen LogP contribution in [0.2, 0.25) is 0 Å². The summed E-state index contributed by atoms with van der Waals surface area (Å²) >= 11 is 0. The van der Waals surface area contributed by atoms with Gasteiger partial charge in [-0.25, -0.2) is 23.5 Å². The van der Waals surface area contributed by atoms with Gasteiger partial charge < -0.3 is 4.74 Å². The third-order valence-corrected chi connectivity index (χ3v) is 2.94. The van der Waals surface area contributed by atoms with Gasteiger partial charge in [-0.3, -0.25) is 0 Å². The third-order valence-electron chi connectivity index (χ3n) is 2.94. The molecule has 124 valence electrons. The Balaban J connectivity index is 0.00000127. The number of nitrogens with zero attached hydrogens (tertiary/aromatic N) is 2. The Bertz CT molecular complexity index is 660. The molecule has 0 unspecified atom stereocenters. The van der Waals surface area contributed by atoms with Gasteiger partial charge in [0.1, 0.15) is 17.2 Å². The number of benzene rings is 1. The Hall–Kier alpha value is -2.37. The molecule has 1 aromatic heterocycles. The number of aryl methyl sites for hydroxylation is 2. The van der Waals surface area contributed by atoms with Gasteiger partial charge in [0.25, 0.3) is 0 Å². The zero-order valence-electron chi connectivity index (χ0n) is 13.9. The number of halogens is 2. The number of hydrogen-bond donors (Lipinski definition) is 0. The van der Waals surface area contributed by atoms with Crippen LogP contribution in [0.3, 0.4) is 0 Å². The maximum atomic E-state index is 13.8. The van der Waals surface area contributed by atoms with Crippen LogP contribution in [0.25, 0.3) is 11.4 Å². The van der Waals surface area contributed by atoms with Crippen molar-refractivity contribution in [3.63, 3.8) is 0 Å². The van der Waals surface area contributed by atoms with Crippen molar-refractivity contribution >= 4 is 5.97 Å². The quantitative estimate of drug-likeness (QED) is 0.793. The van der Waals surface area contributed by atoms with Gasteiger partial charge in [0, 0.05) is 0 Å². The van der Waals surface area contributed by atoms with E-state index in [4.69, 9.17) is 4.74 Å². The van der Waals surface area contributed by atoms with Crippen molar-refractivity contribution in [2.75, 3.05) is 6.61 Å². The molecule has 0 fully saturated rings. The van der Waals surface area contributed by atoms with Gasteiger partial charge in [-0.2, -0.15) is 0 Å². The molecule has 0 N–H and O–H groups in total. The number of ether oxygens (including phenoxy) is 1. The van der Waals surface area contributed by atoms with Gasteiger partial charge in [-0.15, -0.1) is 0 Å². The second kappa shape index (κ2) is 8.31. The minimum absolute atomic E-state index is 0.0892. The molecule has 4 nitrogen and oxygen atoms in total. The van der Waals surface area contributed by atoms with Gasteiger partial charge in [-0.1, -0.05) is 19.9 Å². The number of carbonyl (C=O) groups is 1. The zero-order chi connectivity index (χ0) is 17.6. The largest absolute Gasteiger partial charge is 0.462 e. The molecule has 0 aliphatic carbocycles. The summed E-state index contributed by atoms with van der Waals surface area (Å²) in [6.07, 6.45) is 0. The third kappa shape index (κ3) is 4.09. The van der Waals surface area contributed by atoms with Crippen molar-refractivity contribution in [1.29, 1.82) is 0 Å². The SMILES string of the molecule is CC.CCOC(=O)c1c(C)nc(-c2c(F)cccc2F)nc1C. The van der Waals surface area contributed by atoms with Crippen LogP contribution in [-0.4, -0.2) is 22.5 Å². The molecule has 23 heavy (non-hydrogen) atoms. The molecule has 0 spiro atoms. The fraction of sp³-hybridized carbons (Fsp3) is 0.353. The first-order valence-corrected chi connectivity index (χ1v) is 7.42. The summed E-state index contributed by atoms with van der Waals surface area (Å²) in [6, 6.07) is 3.53. The Labute approximate surface area is 134 Å². The van der Waals surface area contributed by atoms with Crippen LogP contribution < -0.4 is 0 Å². The summed E-state index contributed by atoms with van der Waals surface area (Å²) in [5.74, 6) is -2.14. The van der Waals surface area contributed by atoms with Crippen molar-refractivity contribution in [3.05, 3.63) is 46.8 Å². The molecule has 2 rings (SSSR count). The highest BCUT2D eigenvalue weighted by Crippen LogP contribution is 2.24. The fourth-order valence-corrected chi connectivity index (χ4v) is 2.04. The molecular formula is C17H20F2N2O2. The minimum Gasteiger partial charge on any atom is -0.462 e. The minimum atomic E-state index is -0.752. The Morgan fingerprint density at radius 3 is 2.00 bits per heavy atom. The van der Waals surface area contributed by atoms with E-state index in [1.54, 1.807) is 20.8 Å². The smallest absolute Gasteiger partial charge is 0.341 e. The number of aromatic nitrogens is 2. The Morgan fingerprint density at radius 2 is 1.57 bits per heavy atom.